The van der Waals surface area contributed by atoms with E-state index in [2.05, 4.69) is 29.2 Å². The lowest BCUT2D eigenvalue weighted by Gasteiger charge is -2.05. The highest BCUT2D eigenvalue weighted by Crippen LogP contribution is 2.20. The van der Waals surface area contributed by atoms with Crippen molar-refractivity contribution in [1.29, 1.82) is 0 Å². The molecule has 0 bridgehead atoms. The molecule has 5 nitrogen and oxygen atoms in total. The second-order valence-electron chi connectivity index (χ2n) is 5.89. The van der Waals surface area contributed by atoms with E-state index >= 15 is 0 Å². The van der Waals surface area contributed by atoms with Crippen LogP contribution in [-0.2, 0) is 17.8 Å². The summed E-state index contributed by atoms with van der Waals surface area (Å²) in [6.45, 7) is 5.82. The second kappa shape index (κ2) is 7.30. The minimum atomic E-state index is -0.421. The molecule has 0 saturated carbocycles. The van der Waals surface area contributed by atoms with Crippen LogP contribution in [-0.4, -0.2) is 16.1 Å². The largest absolute Gasteiger partial charge is 0.454 e. The molecular formula is C20H20N2O3. The molecule has 0 aliphatic heterocycles. The van der Waals surface area contributed by atoms with Crippen LogP contribution in [0.1, 0.15) is 40.0 Å². The number of rotatable bonds is 5. The minimum absolute atomic E-state index is 0.0339. The smallest absolute Gasteiger partial charge is 0.340 e. The predicted molar refractivity (Wildman–Crippen MR) is 94.1 cm³/mol. The fourth-order valence-electron chi connectivity index (χ4n) is 2.54. The highest BCUT2D eigenvalue weighted by molar-refractivity contribution is 5.90. The van der Waals surface area contributed by atoms with Crippen LogP contribution >= 0.6 is 0 Å². The predicted octanol–water partition coefficient (Wildman–Crippen LogP) is 4.27. The molecule has 5 heteroatoms. The van der Waals surface area contributed by atoms with E-state index in [1.54, 1.807) is 25.1 Å². The Hall–Kier alpha value is -2.95. The molecule has 0 aliphatic rings. The van der Waals surface area contributed by atoms with E-state index in [-0.39, 0.29) is 6.61 Å². The minimum Gasteiger partial charge on any atom is -0.454 e. The summed E-state index contributed by atoms with van der Waals surface area (Å²) in [5.74, 6) is 0.0795. The van der Waals surface area contributed by atoms with Crippen LogP contribution in [0.5, 0.6) is 0 Å². The van der Waals surface area contributed by atoms with E-state index in [0.29, 0.717) is 17.0 Å². The molecule has 128 valence electrons. The third-order valence-corrected chi connectivity index (χ3v) is 4.01. The number of esters is 1. The van der Waals surface area contributed by atoms with Crippen molar-refractivity contribution in [3.8, 4) is 11.3 Å². The first-order chi connectivity index (χ1) is 12.1. The van der Waals surface area contributed by atoms with Crippen molar-refractivity contribution in [2.75, 3.05) is 0 Å². The zero-order valence-corrected chi connectivity index (χ0v) is 14.6. The van der Waals surface area contributed by atoms with Crippen LogP contribution < -0.4 is 0 Å². The molecule has 2 heterocycles. The Balaban J connectivity index is 1.66. The van der Waals surface area contributed by atoms with Crippen LogP contribution in [0.4, 0.5) is 0 Å². The summed E-state index contributed by atoms with van der Waals surface area (Å²) in [7, 11) is 0. The van der Waals surface area contributed by atoms with Gasteiger partial charge in [0.05, 0.1) is 11.3 Å². The highest BCUT2D eigenvalue weighted by Gasteiger charge is 2.14. The third-order valence-electron chi connectivity index (χ3n) is 4.01. The van der Waals surface area contributed by atoms with Gasteiger partial charge in [-0.05, 0) is 38.0 Å². The van der Waals surface area contributed by atoms with Crippen LogP contribution in [0.25, 0.3) is 11.3 Å². The van der Waals surface area contributed by atoms with Crippen molar-refractivity contribution >= 4 is 5.97 Å². The van der Waals surface area contributed by atoms with E-state index in [1.807, 2.05) is 19.1 Å². The van der Waals surface area contributed by atoms with Crippen molar-refractivity contribution in [1.82, 2.24) is 10.1 Å². The Morgan fingerprint density at radius 3 is 2.56 bits per heavy atom. The molecular weight excluding hydrogens is 316 g/mol. The average Bonchev–Trinajstić information content (AvgIpc) is 3.09. The fourth-order valence-corrected chi connectivity index (χ4v) is 2.54. The first-order valence-electron chi connectivity index (χ1n) is 8.23. The molecule has 0 spiro atoms. The van der Waals surface area contributed by atoms with E-state index < -0.39 is 5.97 Å². The topological polar surface area (TPSA) is 65.2 Å². The number of hydrogen-bond acceptors (Lipinski definition) is 5. The van der Waals surface area contributed by atoms with Gasteiger partial charge in [0, 0.05) is 17.3 Å². The van der Waals surface area contributed by atoms with Gasteiger partial charge < -0.3 is 9.26 Å². The van der Waals surface area contributed by atoms with Crippen molar-refractivity contribution in [2.24, 2.45) is 0 Å². The van der Waals surface area contributed by atoms with Gasteiger partial charge in [-0.25, -0.2) is 4.79 Å². The number of aromatic nitrogens is 2. The Labute approximate surface area is 146 Å². The van der Waals surface area contributed by atoms with E-state index in [1.165, 1.54) is 5.56 Å². The van der Waals surface area contributed by atoms with Gasteiger partial charge in [0.15, 0.2) is 12.4 Å². The Bertz CT molecular complexity index is 882. The molecule has 0 atom stereocenters. The van der Waals surface area contributed by atoms with Crippen molar-refractivity contribution < 1.29 is 14.1 Å². The lowest BCUT2D eigenvalue weighted by Crippen LogP contribution is -2.08. The van der Waals surface area contributed by atoms with Gasteiger partial charge in [-0.15, -0.1) is 0 Å². The summed E-state index contributed by atoms with van der Waals surface area (Å²) >= 11 is 0. The normalized spacial score (nSPS) is 10.7. The first kappa shape index (κ1) is 16.9. The monoisotopic (exact) mass is 336 g/mol. The van der Waals surface area contributed by atoms with Gasteiger partial charge in [-0.3, -0.25) is 4.98 Å². The Kier molecular flexibility index (Phi) is 4.93. The molecule has 0 fully saturated rings. The van der Waals surface area contributed by atoms with Crippen LogP contribution in [0.15, 0.2) is 47.0 Å². The number of pyridine rings is 1. The van der Waals surface area contributed by atoms with Crippen molar-refractivity contribution in [3.63, 3.8) is 0 Å². The number of aryl methyl sites for hydroxylation is 3. The van der Waals surface area contributed by atoms with Gasteiger partial charge in [0.2, 0.25) is 0 Å². The summed E-state index contributed by atoms with van der Waals surface area (Å²) in [5, 5.41) is 4.04. The van der Waals surface area contributed by atoms with Crippen LogP contribution in [0, 0.1) is 13.8 Å². The average molecular weight is 336 g/mol. The number of carbonyl (C=O) groups is 1. The number of nitrogens with zero attached hydrogens (tertiary/aromatic N) is 2. The Morgan fingerprint density at radius 2 is 1.88 bits per heavy atom. The molecule has 0 unspecified atom stereocenters. The van der Waals surface area contributed by atoms with Gasteiger partial charge in [0.25, 0.3) is 0 Å². The quantitative estimate of drug-likeness (QED) is 0.651. The maximum atomic E-state index is 12.2. The van der Waals surface area contributed by atoms with E-state index in [9.17, 15) is 4.79 Å². The molecule has 0 aliphatic carbocycles. The van der Waals surface area contributed by atoms with Crippen LogP contribution in [0.3, 0.4) is 0 Å². The SMILES string of the molecule is CCc1ccc(-c2cc(COC(=O)c3ccc(C)nc3C)on2)cc1. The molecule has 25 heavy (non-hydrogen) atoms. The summed E-state index contributed by atoms with van der Waals surface area (Å²) in [4.78, 5) is 16.4. The summed E-state index contributed by atoms with van der Waals surface area (Å²) in [6, 6.07) is 13.4. The lowest BCUT2D eigenvalue weighted by atomic mass is 10.1. The molecule has 0 amide bonds. The molecule has 2 aromatic heterocycles. The van der Waals surface area contributed by atoms with Gasteiger partial charge in [-0.1, -0.05) is 36.3 Å². The standard InChI is InChI=1S/C20H20N2O3/c1-4-15-6-8-16(9-7-15)19-11-17(25-22-19)12-24-20(23)18-10-5-13(2)21-14(18)3/h5-11H,4,12H2,1-3H3. The zero-order chi connectivity index (χ0) is 17.8. The highest BCUT2D eigenvalue weighted by atomic mass is 16.5. The Morgan fingerprint density at radius 1 is 1.12 bits per heavy atom. The third kappa shape index (κ3) is 3.94. The van der Waals surface area contributed by atoms with Gasteiger partial charge in [0.1, 0.15) is 5.69 Å². The molecule has 1 aromatic carbocycles. The maximum absolute atomic E-state index is 12.2. The molecule has 0 saturated heterocycles. The fraction of sp³-hybridized carbons (Fsp3) is 0.250. The molecule has 3 rings (SSSR count). The molecule has 3 aromatic rings. The molecule has 0 N–H and O–H groups in total. The van der Waals surface area contributed by atoms with E-state index in [0.717, 1.165) is 23.4 Å². The number of ether oxygens (including phenoxy) is 1. The van der Waals surface area contributed by atoms with Gasteiger partial charge in [-0.2, -0.15) is 0 Å². The maximum Gasteiger partial charge on any atom is 0.340 e. The van der Waals surface area contributed by atoms with Crippen molar-refractivity contribution in [2.45, 2.75) is 33.8 Å². The number of carbonyl (C=O) groups excluding carboxylic acids is 1. The van der Waals surface area contributed by atoms with E-state index in [4.69, 9.17) is 9.26 Å². The number of hydrogen-bond donors (Lipinski definition) is 0. The summed E-state index contributed by atoms with van der Waals surface area (Å²) in [6.07, 6.45) is 0.994. The summed E-state index contributed by atoms with van der Waals surface area (Å²) < 4.78 is 10.6. The van der Waals surface area contributed by atoms with Gasteiger partial charge >= 0.3 is 5.97 Å². The first-order valence-corrected chi connectivity index (χ1v) is 8.23. The molecule has 0 radical (unpaired) electrons. The van der Waals surface area contributed by atoms with Crippen molar-refractivity contribution in [3.05, 3.63) is 70.7 Å². The lowest BCUT2D eigenvalue weighted by molar-refractivity contribution is 0.0436. The summed E-state index contributed by atoms with van der Waals surface area (Å²) in [5.41, 5.74) is 4.94. The second-order valence-corrected chi connectivity index (χ2v) is 5.89. The van der Waals surface area contributed by atoms with Crippen LogP contribution in [0.2, 0.25) is 0 Å². The zero-order valence-electron chi connectivity index (χ0n) is 14.6. The number of benzene rings is 1.